The number of rotatable bonds is 4. The maximum atomic E-state index is 13.1. The highest BCUT2D eigenvalue weighted by molar-refractivity contribution is 6.01. The van der Waals surface area contributed by atoms with E-state index in [-0.39, 0.29) is 17.8 Å². The summed E-state index contributed by atoms with van der Waals surface area (Å²) in [6, 6.07) is 13.0. The highest BCUT2D eigenvalue weighted by atomic mass is 19.1. The van der Waals surface area contributed by atoms with E-state index in [4.69, 9.17) is 0 Å². The number of hydrogen-bond donors (Lipinski definition) is 2. The van der Waals surface area contributed by atoms with Gasteiger partial charge in [-0.1, -0.05) is 24.3 Å². The molecule has 0 fully saturated rings. The number of carbonyl (C=O) groups is 2. The minimum Gasteiger partial charge on any atom is -0.378 e. The van der Waals surface area contributed by atoms with Gasteiger partial charge in [-0.3, -0.25) is 4.79 Å². The van der Waals surface area contributed by atoms with Crippen LogP contribution in [0.1, 0.15) is 17.2 Å². The summed E-state index contributed by atoms with van der Waals surface area (Å²) < 4.78 is 13.1. The predicted molar refractivity (Wildman–Crippen MR) is 104 cm³/mol. The van der Waals surface area contributed by atoms with Crippen LogP contribution >= 0.6 is 0 Å². The first-order chi connectivity index (χ1) is 13.4. The van der Waals surface area contributed by atoms with E-state index in [0.29, 0.717) is 24.4 Å². The molecule has 0 aromatic heterocycles. The standard InChI is InChI=1S/C21H21FN4O2/c1-25(2)16-9-5-14(6-10-16)19-18-17(23-21(28)24-19)12-26(20(18)27)11-13-3-7-15(22)8-4-13/h3-10,19H,11-12H2,1-2H3,(H2,23,24,28)/t19-/m0/s1. The van der Waals surface area contributed by atoms with E-state index in [1.807, 2.05) is 43.3 Å². The van der Waals surface area contributed by atoms with Gasteiger partial charge >= 0.3 is 6.03 Å². The van der Waals surface area contributed by atoms with Crippen molar-refractivity contribution in [1.82, 2.24) is 15.5 Å². The summed E-state index contributed by atoms with van der Waals surface area (Å²) in [5, 5.41) is 5.62. The van der Waals surface area contributed by atoms with Gasteiger partial charge in [-0.2, -0.15) is 0 Å². The van der Waals surface area contributed by atoms with Crippen LogP contribution in [0.15, 0.2) is 59.8 Å². The lowest BCUT2D eigenvalue weighted by molar-refractivity contribution is -0.126. The average molecular weight is 380 g/mol. The first kappa shape index (κ1) is 18.0. The van der Waals surface area contributed by atoms with Crippen molar-refractivity contribution in [2.45, 2.75) is 12.6 Å². The van der Waals surface area contributed by atoms with Gasteiger partial charge in [0.25, 0.3) is 5.91 Å². The third kappa shape index (κ3) is 3.31. The number of benzene rings is 2. The quantitative estimate of drug-likeness (QED) is 0.857. The molecule has 2 aliphatic heterocycles. The van der Waals surface area contributed by atoms with Crippen LogP contribution in [0.25, 0.3) is 0 Å². The summed E-state index contributed by atoms with van der Waals surface area (Å²) in [7, 11) is 3.91. The van der Waals surface area contributed by atoms with Gasteiger partial charge in [0, 0.05) is 26.3 Å². The van der Waals surface area contributed by atoms with Crippen molar-refractivity contribution in [1.29, 1.82) is 0 Å². The summed E-state index contributed by atoms with van der Waals surface area (Å²) in [6.07, 6.45) is 0. The molecule has 2 aromatic carbocycles. The lowest BCUT2D eigenvalue weighted by Crippen LogP contribution is -2.44. The largest absolute Gasteiger partial charge is 0.378 e. The number of anilines is 1. The average Bonchev–Trinajstić information content (AvgIpc) is 2.98. The molecule has 1 atom stereocenters. The lowest BCUT2D eigenvalue weighted by atomic mass is 9.96. The lowest BCUT2D eigenvalue weighted by Gasteiger charge is -2.26. The Bertz CT molecular complexity index is 951. The van der Waals surface area contributed by atoms with Gasteiger partial charge in [-0.05, 0) is 35.4 Å². The molecule has 144 valence electrons. The Hall–Kier alpha value is -3.35. The zero-order valence-corrected chi connectivity index (χ0v) is 15.7. The molecule has 28 heavy (non-hydrogen) atoms. The second-order valence-corrected chi connectivity index (χ2v) is 7.20. The highest BCUT2D eigenvalue weighted by Gasteiger charge is 2.40. The monoisotopic (exact) mass is 380 g/mol. The second-order valence-electron chi connectivity index (χ2n) is 7.20. The van der Waals surface area contributed by atoms with E-state index >= 15 is 0 Å². The van der Waals surface area contributed by atoms with Crippen LogP contribution in [0.5, 0.6) is 0 Å². The molecule has 3 amide bonds. The number of carbonyl (C=O) groups excluding carboxylic acids is 2. The maximum absolute atomic E-state index is 13.1. The minimum absolute atomic E-state index is 0.131. The summed E-state index contributed by atoms with van der Waals surface area (Å²) in [5.74, 6) is -0.444. The van der Waals surface area contributed by atoms with Gasteiger partial charge in [0.1, 0.15) is 5.82 Å². The van der Waals surface area contributed by atoms with Crippen LogP contribution in [0.2, 0.25) is 0 Å². The van der Waals surface area contributed by atoms with E-state index in [1.54, 1.807) is 17.0 Å². The van der Waals surface area contributed by atoms with Crippen LogP contribution < -0.4 is 15.5 Å². The Balaban J connectivity index is 1.59. The fourth-order valence-electron chi connectivity index (χ4n) is 3.58. The van der Waals surface area contributed by atoms with Crippen molar-refractivity contribution >= 4 is 17.6 Å². The molecule has 2 aliphatic rings. The smallest absolute Gasteiger partial charge is 0.319 e. The summed E-state index contributed by atoms with van der Waals surface area (Å²) in [6.45, 7) is 0.680. The molecule has 2 aromatic rings. The van der Waals surface area contributed by atoms with Crippen molar-refractivity contribution in [3.05, 3.63) is 76.7 Å². The minimum atomic E-state index is -0.495. The number of hydrogen-bond acceptors (Lipinski definition) is 3. The van der Waals surface area contributed by atoms with Crippen LogP contribution in [0.4, 0.5) is 14.9 Å². The number of nitrogens with one attached hydrogen (secondary N) is 2. The Morgan fingerprint density at radius 3 is 2.39 bits per heavy atom. The third-order valence-electron chi connectivity index (χ3n) is 5.05. The molecule has 0 unspecified atom stereocenters. The van der Waals surface area contributed by atoms with Gasteiger partial charge in [0.15, 0.2) is 0 Å². The van der Waals surface area contributed by atoms with Crippen LogP contribution in [0.3, 0.4) is 0 Å². The van der Waals surface area contributed by atoms with Gasteiger partial charge in [-0.15, -0.1) is 0 Å². The van der Waals surface area contributed by atoms with Gasteiger partial charge in [0.2, 0.25) is 0 Å². The number of nitrogens with zero attached hydrogens (tertiary/aromatic N) is 2. The van der Waals surface area contributed by atoms with E-state index < -0.39 is 6.04 Å². The van der Waals surface area contributed by atoms with E-state index in [2.05, 4.69) is 10.6 Å². The zero-order chi connectivity index (χ0) is 19.8. The van der Waals surface area contributed by atoms with Crippen molar-refractivity contribution in [2.75, 3.05) is 25.5 Å². The molecule has 6 nitrogen and oxygen atoms in total. The molecule has 0 spiro atoms. The molecule has 7 heteroatoms. The van der Waals surface area contributed by atoms with Crippen LogP contribution in [-0.4, -0.2) is 37.5 Å². The van der Waals surface area contributed by atoms with Crippen LogP contribution in [-0.2, 0) is 11.3 Å². The summed E-state index contributed by atoms with van der Waals surface area (Å²) in [4.78, 5) is 28.9. The number of amides is 3. The first-order valence-electron chi connectivity index (χ1n) is 9.04. The molecular formula is C21H21FN4O2. The Morgan fingerprint density at radius 2 is 1.75 bits per heavy atom. The number of halogens is 1. The Morgan fingerprint density at radius 1 is 1.07 bits per heavy atom. The fourth-order valence-corrected chi connectivity index (χ4v) is 3.58. The summed E-state index contributed by atoms with van der Waals surface area (Å²) in [5.41, 5.74) is 3.90. The topological polar surface area (TPSA) is 64.7 Å². The second kappa shape index (κ2) is 6.99. The normalized spacial score (nSPS) is 18.7. The molecule has 0 saturated heterocycles. The molecule has 4 rings (SSSR count). The Kier molecular flexibility index (Phi) is 4.50. The van der Waals surface area contributed by atoms with E-state index in [9.17, 15) is 14.0 Å². The molecule has 0 saturated carbocycles. The van der Waals surface area contributed by atoms with Crippen molar-refractivity contribution in [3.63, 3.8) is 0 Å². The third-order valence-corrected chi connectivity index (χ3v) is 5.05. The van der Waals surface area contributed by atoms with Gasteiger partial charge < -0.3 is 20.4 Å². The Labute approximate surface area is 162 Å². The molecule has 2 N–H and O–H groups in total. The molecular weight excluding hydrogens is 359 g/mol. The van der Waals surface area contributed by atoms with Crippen molar-refractivity contribution in [3.8, 4) is 0 Å². The SMILES string of the molecule is CN(C)c1ccc([C@@H]2NC(=O)NC3=C2C(=O)N(Cc2ccc(F)cc2)C3)cc1. The molecule has 0 radical (unpaired) electrons. The predicted octanol–water partition coefficient (Wildman–Crippen LogP) is 2.54. The van der Waals surface area contributed by atoms with Gasteiger partial charge in [-0.25, -0.2) is 9.18 Å². The van der Waals surface area contributed by atoms with Crippen molar-refractivity contribution in [2.24, 2.45) is 0 Å². The molecule has 2 heterocycles. The van der Waals surface area contributed by atoms with Crippen LogP contribution in [0, 0.1) is 5.82 Å². The number of urea groups is 1. The summed E-state index contributed by atoms with van der Waals surface area (Å²) >= 11 is 0. The zero-order valence-electron chi connectivity index (χ0n) is 15.7. The van der Waals surface area contributed by atoms with E-state index in [1.165, 1.54) is 12.1 Å². The maximum Gasteiger partial charge on any atom is 0.319 e. The van der Waals surface area contributed by atoms with Gasteiger partial charge in [0.05, 0.1) is 23.9 Å². The molecule has 0 aliphatic carbocycles. The molecule has 0 bridgehead atoms. The van der Waals surface area contributed by atoms with E-state index in [0.717, 1.165) is 16.8 Å². The highest BCUT2D eigenvalue weighted by Crippen LogP contribution is 2.33. The first-order valence-corrected chi connectivity index (χ1v) is 9.04. The van der Waals surface area contributed by atoms with Crippen molar-refractivity contribution < 1.29 is 14.0 Å². The fraction of sp³-hybridized carbons (Fsp3) is 0.238.